The van der Waals surface area contributed by atoms with E-state index in [4.69, 9.17) is 0 Å². The summed E-state index contributed by atoms with van der Waals surface area (Å²) in [5.74, 6) is 0. The number of hydrogen-bond acceptors (Lipinski definition) is 2. The van der Waals surface area contributed by atoms with Crippen LogP contribution in [0.15, 0.2) is 48.5 Å². The molecule has 0 spiro atoms. The first-order valence-corrected chi connectivity index (χ1v) is 10.4. The zero-order valence-electron chi connectivity index (χ0n) is 16.9. The molecule has 0 aromatic heterocycles. The van der Waals surface area contributed by atoms with E-state index in [0.717, 1.165) is 57.1 Å². The zero-order chi connectivity index (χ0) is 22.2. The molecule has 8 heteroatoms. The quantitative estimate of drug-likeness (QED) is 0.514. The molecule has 168 valence electrons. The van der Waals surface area contributed by atoms with Gasteiger partial charge in [-0.15, -0.1) is 0 Å². The minimum atomic E-state index is -4.45. The van der Waals surface area contributed by atoms with Crippen molar-refractivity contribution >= 4 is 0 Å². The van der Waals surface area contributed by atoms with Gasteiger partial charge >= 0.3 is 12.4 Å². The summed E-state index contributed by atoms with van der Waals surface area (Å²) < 4.78 is 79.2. The highest BCUT2D eigenvalue weighted by atomic mass is 19.4. The van der Waals surface area contributed by atoms with Gasteiger partial charge in [-0.1, -0.05) is 30.3 Å². The minimum absolute atomic E-state index is 0.0756. The van der Waals surface area contributed by atoms with Gasteiger partial charge in [0.05, 0.1) is 11.1 Å². The van der Waals surface area contributed by atoms with Crippen LogP contribution in [-0.4, -0.2) is 35.5 Å². The van der Waals surface area contributed by atoms with Crippen molar-refractivity contribution < 1.29 is 26.3 Å². The molecule has 2 aliphatic heterocycles. The normalized spacial score (nSPS) is 23.2. The molecule has 4 rings (SSSR count). The van der Waals surface area contributed by atoms with Crippen LogP contribution in [0.4, 0.5) is 26.3 Å². The van der Waals surface area contributed by atoms with E-state index in [1.807, 2.05) is 4.90 Å². The van der Waals surface area contributed by atoms with Gasteiger partial charge in [-0.2, -0.15) is 26.3 Å². The average molecular weight is 442 g/mol. The maximum atomic E-state index is 13.5. The van der Waals surface area contributed by atoms with Crippen molar-refractivity contribution in [3.8, 4) is 0 Å². The van der Waals surface area contributed by atoms with E-state index in [-0.39, 0.29) is 24.2 Å². The second-order valence-electron chi connectivity index (χ2n) is 8.36. The Morgan fingerprint density at radius 1 is 0.806 bits per heavy atom. The number of alkyl halides is 6. The van der Waals surface area contributed by atoms with Crippen molar-refractivity contribution in [2.75, 3.05) is 19.6 Å². The lowest BCUT2D eigenvalue weighted by molar-refractivity contribution is -0.139. The largest absolute Gasteiger partial charge is 0.416 e. The van der Waals surface area contributed by atoms with Crippen LogP contribution in [0.5, 0.6) is 0 Å². The first-order chi connectivity index (χ1) is 14.6. The summed E-state index contributed by atoms with van der Waals surface area (Å²) in [6.45, 7) is 2.84. The van der Waals surface area contributed by atoms with Crippen LogP contribution in [0.2, 0.25) is 0 Å². The topological polar surface area (TPSA) is 6.48 Å². The number of rotatable bonds is 5. The lowest BCUT2D eigenvalue weighted by atomic mass is 9.85. The Hall–Kier alpha value is -2.06. The molecule has 0 saturated carbocycles. The van der Waals surface area contributed by atoms with Crippen LogP contribution < -0.4 is 0 Å². The molecular weight excluding hydrogens is 418 g/mol. The Labute approximate surface area is 177 Å². The van der Waals surface area contributed by atoms with E-state index in [1.54, 1.807) is 6.07 Å². The lowest BCUT2D eigenvalue weighted by Crippen LogP contribution is -2.54. The molecule has 2 aromatic rings. The third kappa shape index (κ3) is 4.90. The number of hydrogen-bond donors (Lipinski definition) is 0. The Morgan fingerprint density at radius 2 is 1.45 bits per heavy atom. The summed E-state index contributed by atoms with van der Waals surface area (Å²) >= 11 is 0. The molecule has 2 nitrogen and oxygen atoms in total. The number of halogens is 6. The lowest BCUT2D eigenvalue weighted by Gasteiger charge is -2.50. The van der Waals surface area contributed by atoms with Gasteiger partial charge < -0.3 is 4.90 Å². The molecule has 2 saturated heterocycles. The summed E-state index contributed by atoms with van der Waals surface area (Å²) in [5, 5.41) is 0. The predicted octanol–water partition coefficient (Wildman–Crippen LogP) is 6.14. The second kappa shape index (κ2) is 8.47. The van der Waals surface area contributed by atoms with Gasteiger partial charge in [-0.25, -0.2) is 0 Å². The zero-order valence-corrected chi connectivity index (χ0v) is 16.9. The van der Waals surface area contributed by atoms with Gasteiger partial charge in [-0.3, -0.25) is 4.90 Å². The van der Waals surface area contributed by atoms with Crippen molar-refractivity contribution in [1.29, 1.82) is 0 Å². The summed E-state index contributed by atoms with van der Waals surface area (Å²) in [7, 11) is 0. The Bertz CT molecular complexity index is 884. The Morgan fingerprint density at radius 3 is 2.06 bits per heavy atom. The van der Waals surface area contributed by atoms with E-state index in [9.17, 15) is 26.3 Å². The molecule has 2 unspecified atom stereocenters. The summed E-state index contributed by atoms with van der Waals surface area (Å²) in [5.41, 5.74) is -0.487. The predicted molar refractivity (Wildman–Crippen MR) is 105 cm³/mol. The SMILES string of the molecule is FC(F)(F)c1ccc(C2CC(CN3CCCC3)N2Cc2ccccc2C(F)(F)F)cc1. The van der Waals surface area contributed by atoms with Crippen molar-refractivity contribution in [3.63, 3.8) is 0 Å². The Balaban J connectivity index is 1.58. The van der Waals surface area contributed by atoms with Gasteiger partial charge in [0.25, 0.3) is 0 Å². The van der Waals surface area contributed by atoms with Gasteiger partial charge in [-0.05, 0) is 61.7 Å². The summed E-state index contributed by atoms with van der Waals surface area (Å²) in [6, 6.07) is 10.4. The van der Waals surface area contributed by atoms with E-state index in [2.05, 4.69) is 4.90 Å². The van der Waals surface area contributed by atoms with Crippen molar-refractivity contribution in [1.82, 2.24) is 9.80 Å². The fourth-order valence-corrected chi connectivity index (χ4v) is 4.68. The smallest absolute Gasteiger partial charge is 0.302 e. The third-order valence-corrected chi connectivity index (χ3v) is 6.33. The van der Waals surface area contributed by atoms with Gasteiger partial charge in [0, 0.05) is 25.2 Å². The maximum Gasteiger partial charge on any atom is 0.416 e. The minimum Gasteiger partial charge on any atom is -0.302 e. The molecule has 2 heterocycles. The van der Waals surface area contributed by atoms with Crippen molar-refractivity contribution in [3.05, 3.63) is 70.8 Å². The second-order valence-corrected chi connectivity index (χ2v) is 8.36. The molecule has 2 aromatic carbocycles. The van der Waals surface area contributed by atoms with Crippen LogP contribution >= 0.6 is 0 Å². The van der Waals surface area contributed by atoms with Crippen molar-refractivity contribution in [2.24, 2.45) is 0 Å². The van der Waals surface area contributed by atoms with Crippen LogP contribution in [0, 0.1) is 0 Å². The first kappa shape index (κ1) is 22.1. The molecule has 2 atom stereocenters. The van der Waals surface area contributed by atoms with E-state index in [1.165, 1.54) is 24.3 Å². The van der Waals surface area contributed by atoms with Crippen molar-refractivity contribution in [2.45, 2.75) is 50.2 Å². The highest BCUT2D eigenvalue weighted by Crippen LogP contribution is 2.43. The molecule has 2 aliphatic rings. The van der Waals surface area contributed by atoms with Gasteiger partial charge in [0.2, 0.25) is 0 Å². The molecule has 2 fully saturated rings. The molecule has 0 amide bonds. The standard InChI is InChI=1S/C23H24F6N2/c24-22(25,26)18-9-7-16(8-10-18)21-13-19(15-30-11-3-4-12-30)31(21)14-17-5-1-2-6-20(17)23(27,28)29/h1-2,5-10,19,21H,3-4,11-15H2. The summed E-state index contributed by atoms with van der Waals surface area (Å²) in [6.07, 6.45) is -5.91. The van der Waals surface area contributed by atoms with Gasteiger partial charge in [0.15, 0.2) is 0 Å². The van der Waals surface area contributed by atoms with E-state index < -0.39 is 23.5 Å². The third-order valence-electron chi connectivity index (χ3n) is 6.33. The van der Waals surface area contributed by atoms with E-state index >= 15 is 0 Å². The van der Waals surface area contributed by atoms with Crippen LogP contribution in [0.25, 0.3) is 0 Å². The number of nitrogens with zero attached hydrogens (tertiary/aromatic N) is 2. The fourth-order valence-electron chi connectivity index (χ4n) is 4.68. The highest BCUT2D eigenvalue weighted by Gasteiger charge is 2.42. The molecule has 0 bridgehead atoms. The molecular formula is C23H24F6N2. The van der Waals surface area contributed by atoms with Crippen LogP contribution in [0.1, 0.15) is 47.6 Å². The maximum absolute atomic E-state index is 13.5. The van der Waals surface area contributed by atoms with Crippen LogP contribution in [-0.2, 0) is 18.9 Å². The van der Waals surface area contributed by atoms with Gasteiger partial charge in [0.1, 0.15) is 0 Å². The first-order valence-electron chi connectivity index (χ1n) is 10.4. The van der Waals surface area contributed by atoms with Crippen LogP contribution in [0.3, 0.4) is 0 Å². The fraction of sp³-hybridized carbons (Fsp3) is 0.478. The number of benzene rings is 2. The molecule has 31 heavy (non-hydrogen) atoms. The molecule has 0 aliphatic carbocycles. The van der Waals surface area contributed by atoms with E-state index in [0.29, 0.717) is 5.56 Å². The molecule has 0 radical (unpaired) electrons. The monoisotopic (exact) mass is 442 g/mol. The molecule has 0 N–H and O–H groups in total. The average Bonchev–Trinajstić information content (AvgIpc) is 3.21. The highest BCUT2D eigenvalue weighted by molar-refractivity contribution is 5.32. The number of likely N-dealkylation sites (tertiary alicyclic amines) is 2. The Kier molecular flexibility index (Phi) is 6.05. The summed E-state index contributed by atoms with van der Waals surface area (Å²) in [4.78, 5) is 4.32.